The molecule has 23 heavy (non-hydrogen) atoms. The first-order chi connectivity index (χ1) is 10.9. The van der Waals surface area contributed by atoms with Crippen LogP contribution in [0.4, 0.5) is 0 Å². The molecule has 1 fully saturated rings. The van der Waals surface area contributed by atoms with E-state index in [0.29, 0.717) is 6.42 Å². The standard InChI is InChI=1S/C15H30O8/c1-2-3-4-5-6-22-15(7-10(18)8-16)14(21)13(20)12(19)11(9-17)23-15/h10-14,16-21H,2-9H2,1H3/t10?,11-,12-,13+,14-,15?/m1/s1. The van der Waals surface area contributed by atoms with Gasteiger partial charge in [0.2, 0.25) is 0 Å². The van der Waals surface area contributed by atoms with Gasteiger partial charge in [0, 0.05) is 6.42 Å². The Kier molecular flexibility index (Phi) is 8.88. The molecule has 0 aromatic rings. The highest BCUT2D eigenvalue weighted by Crippen LogP contribution is 2.35. The van der Waals surface area contributed by atoms with Gasteiger partial charge in [-0.15, -0.1) is 0 Å². The zero-order valence-electron chi connectivity index (χ0n) is 13.5. The number of ether oxygens (including phenoxy) is 2. The smallest absolute Gasteiger partial charge is 0.200 e. The number of hydrogen-bond donors (Lipinski definition) is 6. The quantitative estimate of drug-likeness (QED) is 0.264. The van der Waals surface area contributed by atoms with Crippen molar-refractivity contribution in [2.24, 2.45) is 0 Å². The van der Waals surface area contributed by atoms with Gasteiger partial charge in [0.05, 0.1) is 25.9 Å². The van der Waals surface area contributed by atoms with Crippen LogP contribution in [0, 0.1) is 0 Å². The van der Waals surface area contributed by atoms with E-state index in [0.717, 1.165) is 19.3 Å². The maximum absolute atomic E-state index is 10.3. The summed E-state index contributed by atoms with van der Waals surface area (Å²) in [5.41, 5.74) is 0. The first kappa shape index (κ1) is 20.7. The van der Waals surface area contributed by atoms with Crippen molar-refractivity contribution in [2.75, 3.05) is 19.8 Å². The van der Waals surface area contributed by atoms with Crippen molar-refractivity contribution in [1.29, 1.82) is 0 Å². The van der Waals surface area contributed by atoms with Crippen molar-refractivity contribution >= 4 is 0 Å². The number of rotatable bonds is 10. The number of aliphatic hydroxyl groups excluding tert-OH is 6. The highest BCUT2D eigenvalue weighted by molar-refractivity contribution is 4.98. The molecule has 6 atom stereocenters. The fourth-order valence-electron chi connectivity index (χ4n) is 2.72. The first-order valence-corrected chi connectivity index (χ1v) is 8.17. The van der Waals surface area contributed by atoms with E-state index in [4.69, 9.17) is 14.6 Å². The van der Waals surface area contributed by atoms with Gasteiger partial charge < -0.3 is 40.1 Å². The average Bonchev–Trinajstić information content (AvgIpc) is 2.55. The van der Waals surface area contributed by atoms with E-state index in [1.165, 1.54) is 0 Å². The average molecular weight is 338 g/mol. The molecule has 8 nitrogen and oxygen atoms in total. The fraction of sp³-hybridized carbons (Fsp3) is 1.00. The normalized spacial score (nSPS) is 36.1. The molecule has 0 aromatic heterocycles. The molecule has 1 rings (SSSR count). The van der Waals surface area contributed by atoms with Crippen LogP contribution in [-0.2, 0) is 9.47 Å². The largest absolute Gasteiger partial charge is 0.394 e. The van der Waals surface area contributed by atoms with Crippen LogP contribution in [-0.4, -0.2) is 86.8 Å². The second-order valence-electron chi connectivity index (χ2n) is 6.03. The second kappa shape index (κ2) is 9.85. The zero-order chi connectivity index (χ0) is 17.5. The second-order valence-corrected chi connectivity index (χ2v) is 6.03. The Balaban J connectivity index is 2.83. The SMILES string of the molecule is CCCCCCOC1(CC(O)CO)O[C@H](CO)[C@@H](O)[C@H](O)[C@H]1O. The highest BCUT2D eigenvalue weighted by atomic mass is 16.7. The van der Waals surface area contributed by atoms with Crippen molar-refractivity contribution in [2.45, 2.75) is 75.3 Å². The molecule has 1 aliphatic rings. The summed E-state index contributed by atoms with van der Waals surface area (Å²) in [7, 11) is 0. The molecule has 1 aliphatic heterocycles. The minimum atomic E-state index is -1.79. The molecule has 6 N–H and O–H groups in total. The van der Waals surface area contributed by atoms with E-state index in [2.05, 4.69) is 6.92 Å². The van der Waals surface area contributed by atoms with E-state index in [-0.39, 0.29) is 13.0 Å². The summed E-state index contributed by atoms with van der Waals surface area (Å²) in [4.78, 5) is 0. The van der Waals surface area contributed by atoms with Gasteiger partial charge in [0.25, 0.3) is 0 Å². The van der Waals surface area contributed by atoms with Crippen LogP contribution in [0.3, 0.4) is 0 Å². The van der Waals surface area contributed by atoms with Gasteiger partial charge in [-0.1, -0.05) is 26.2 Å². The Labute approximate surface area is 136 Å². The maximum atomic E-state index is 10.3. The van der Waals surface area contributed by atoms with Crippen molar-refractivity contribution < 1.29 is 40.1 Å². The lowest BCUT2D eigenvalue weighted by atomic mass is 9.89. The third-order valence-corrected chi connectivity index (χ3v) is 4.11. The lowest BCUT2D eigenvalue weighted by molar-refractivity contribution is -0.371. The summed E-state index contributed by atoms with van der Waals surface area (Å²) in [6.07, 6.45) is -3.68. The van der Waals surface area contributed by atoms with E-state index >= 15 is 0 Å². The molecule has 138 valence electrons. The molecule has 0 radical (unpaired) electrons. The van der Waals surface area contributed by atoms with Gasteiger partial charge in [0.15, 0.2) is 5.79 Å². The molecule has 0 saturated carbocycles. The minimum Gasteiger partial charge on any atom is -0.394 e. The Bertz CT molecular complexity index is 327. The van der Waals surface area contributed by atoms with Gasteiger partial charge in [-0.3, -0.25) is 0 Å². The minimum absolute atomic E-state index is 0.218. The van der Waals surface area contributed by atoms with Gasteiger partial charge >= 0.3 is 0 Å². The number of unbranched alkanes of at least 4 members (excludes halogenated alkanes) is 3. The molecule has 0 amide bonds. The first-order valence-electron chi connectivity index (χ1n) is 8.17. The summed E-state index contributed by atoms with van der Waals surface area (Å²) in [6.45, 7) is 1.13. The van der Waals surface area contributed by atoms with Crippen LogP contribution in [0.15, 0.2) is 0 Å². The highest BCUT2D eigenvalue weighted by Gasteiger charge is 2.54. The topological polar surface area (TPSA) is 140 Å². The lowest BCUT2D eigenvalue weighted by Crippen LogP contribution is -2.67. The predicted molar refractivity (Wildman–Crippen MR) is 80.5 cm³/mol. The van der Waals surface area contributed by atoms with Gasteiger partial charge in [-0.25, -0.2) is 0 Å². The van der Waals surface area contributed by atoms with Crippen LogP contribution < -0.4 is 0 Å². The van der Waals surface area contributed by atoms with Crippen LogP contribution >= 0.6 is 0 Å². The molecule has 1 heterocycles. The summed E-state index contributed by atoms with van der Waals surface area (Å²) in [6, 6.07) is 0. The van der Waals surface area contributed by atoms with Crippen molar-refractivity contribution in [1.82, 2.24) is 0 Å². The Morgan fingerprint density at radius 2 is 1.78 bits per heavy atom. The van der Waals surface area contributed by atoms with Gasteiger partial charge in [-0.2, -0.15) is 0 Å². The molecule has 8 heteroatoms. The van der Waals surface area contributed by atoms with Crippen molar-refractivity contribution in [3.05, 3.63) is 0 Å². The van der Waals surface area contributed by atoms with E-state index in [1.54, 1.807) is 0 Å². The molecular formula is C15H30O8. The monoisotopic (exact) mass is 338 g/mol. The maximum Gasteiger partial charge on any atom is 0.200 e. The summed E-state index contributed by atoms with van der Waals surface area (Å²) >= 11 is 0. The molecular weight excluding hydrogens is 308 g/mol. The Hall–Kier alpha value is -0.320. The lowest BCUT2D eigenvalue weighted by Gasteiger charge is -2.48. The van der Waals surface area contributed by atoms with Crippen LogP contribution in [0.5, 0.6) is 0 Å². The van der Waals surface area contributed by atoms with Crippen LogP contribution in [0.25, 0.3) is 0 Å². The Morgan fingerprint density at radius 3 is 2.35 bits per heavy atom. The molecule has 0 spiro atoms. The van der Waals surface area contributed by atoms with Crippen LogP contribution in [0.1, 0.15) is 39.0 Å². The van der Waals surface area contributed by atoms with Crippen molar-refractivity contribution in [3.63, 3.8) is 0 Å². The van der Waals surface area contributed by atoms with Gasteiger partial charge in [0.1, 0.15) is 24.4 Å². The molecule has 0 bridgehead atoms. The van der Waals surface area contributed by atoms with E-state index in [1.807, 2.05) is 0 Å². The summed E-state index contributed by atoms with van der Waals surface area (Å²) in [5, 5.41) is 58.1. The van der Waals surface area contributed by atoms with Crippen molar-refractivity contribution in [3.8, 4) is 0 Å². The fourth-order valence-corrected chi connectivity index (χ4v) is 2.72. The summed E-state index contributed by atoms with van der Waals surface area (Å²) < 4.78 is 11.1. The Morgan fingerprint density at radius 1 is 1.09 bits per heavy atom. The van der Waals surface area contributed by atoms with E-state index < -0.39 is 49.5 Å². The molecule has 2 unspecified atom stereocenters. The molecule has 0 aliphatic carbocycles. The molecule has 0 aromatic carbocycles. The van der Waals surface area contributed by atoms with E-state index in [9.17, 15) is 25.5 Å². The zero-order valence-corrected chi connectivity index (χ0v) is 13.5. The molecule has 1 saturated heterocycles. The van der Waals surface area contributed by atoms with Crippen LogP contribution in [0.2, 0.25) is 0 Å². The third kappa shape index (κ3) is 5.33. The third-order valence-electron chi connectivity index (χ3n) is 4.11. The number of aliphatic hydroxyl groups is 6. The number of hydrogen-bond acceptors (Lipinski definition) is 8. The predicted octanol–water partition coefficient (Wildman–Crippen LogP) is -1.50. The van der Waals surface area contributed by atoms with Gasteiger partial charge in [-0.05, 0) is 6.42 Å². The summed E-state index contributed by atoms with van der Waals surface area (Å²) in [5.74, 6) is -1.79.